The van der Waals surface area contributed by atoms with Gasteiger partial charge >= 0.3 is 5.97 Å². The fourth-order valence-corrected chi connectivity index (χ4v) is 7.16. The Morgan fingerprint density at radius 1 is 0.833 bits per heavy atom. The second kappa shape index (κ2) is 17.3. The Hall–Kier alpha value is -4.51. The van der Waals surface area contributed by atoms with Gasteiger partial charge in [0.1, 0.15) is 36.5 Å². The van der Waals surface area contributed by atoms with E-state index >= 15 is 13.2 Å². The first-order valence-electron chi connectivity index (χ1n) is 17.9. The number of methoxy groups -OCH3 is 1. The van der Waals surface area contributed by atoms with Crippen LogP contribution in [0.4, 0.5) is 13.2 Å². The van der Waals surface area contributed by atoms with Crippen LogP contribution in [-0.4, -0.2) is 62.3 Å². The highest BCUT2D eigenvalue weighted by Gasteiger charge is 2.24. The molecule has 9 nitrogen and oxygen atoms in total. The van der Waals surface area contributed by atoms with Crippen molar-refractivity contribution in [1.82, 2.24) is 14.1 Å². The van der Waals surface area contributed by atoms with Gasteiger partial charge in [0.2, 0.25) is 5.78 Å². The number of ether oxygens (including phenoxy) is 4. The van der Waals surface area contributed by atoms with Crippen molar-refractivity contribution >= 4 is 38.8 Å². The lowest BCUT2D eigenvalue weighted by Crippen LogP contribution is -2.22. The first-order chi connectivity index (χ1) is 25.5. The number of aryl methyl sites for hydroxylation is 1. The number of aromatic nitrogens is 3. The molecule has 0 aliphatic rings. The first-order valence-corrected chi connectivity index (χ1v) is 25.3. The van der Waals surface area contributed by atoms with Gasteiger partial charge in [-0.2, -0.15) is 0 Å². The van der Waals surface area contributed by atoms with Gasteiger partial charge in [-0.1, -0.05) is 57.5 Å². The molecule has 3 aromatic carbocycles. The molecule has 288 valence electrons. The van der Waals surface area contributed by atoms with Crippen molar-refractivity contribution in [3.8, 4) is 22.9 Å². The summed E-state index contributed by atoms with van der Waals surface area (Å²) in [5, 5.41) is 0.145. The van der Waals surface area contributed by atoms with Crippen molar-refractivity contribution in [1.29, 1.82) is 0 Å². The van der Waals surface area contributed by atoms with Crippen LogP contribution in [0.25, 0.3) is 22.3 Å². The van der Waals surface area contributed by atoms with Crippen molar-refractivity contribution in [3.63, 3.8) is 0 Å². The van der Waals surface area contributed by atoms with Gasteiger partial charge in [-0.15, -0.1) is 0 Å². The zero-order valence-electron chi connectivity index (χ0n) is 31.9. The van der Waals surface area contributed by atoms with Crippen molar-refractivity contribution in [3.05, 3.63) is 101 Å². The van der Waals surface area contributed by atoms with Crippen molar-refractivity contribution in [2.45, 2.75) is 77.7 Å². The third kappa shape index (κ3) is 10.4. The monoisotopic (exact) mass is 779 g/mol. The maximum absolute atomic E-state index is 15.8. The summed E-state index contributed by atoms with van der Waals surface area (Å²) in [7, 11) is -1.44. The van der Waals surface area contributed by atoms with Crippen LogP contribution in [-0.2, 0) is 38.9 Å². The second-order valence-corrected chi connectivity index (χ2v) is 26.9. The number of imidazole rings is 1. The van der Waals surface area contributed by atoms with E-state index in [4.69, 9.17) is 18.9 Å². The predicted molar refractivity (Wildman–Crippen MR) is 208 cm³/mol. The van der Waals surface area contributed by atoms with Crippen molar-refractivity contribution in [2.24, 2.45) is 0 Å². The Morgan fingerprint density at radius 2 is 1.54 bits per heavy atom. The van der Waals surface area contributed by atoms with E-state index in [1.165, 1.54) is 42.1 Å². The van der Waals surface area contributed by atoms with Gasteiger partial charge in [-0.05, 0) is 54.4 Å². The van der Waals surface area contributed by atoms with Crippen LogP contribution in [0, 0.1) is 17.5 Å². The lowest BCUT2D eigenvalue weighted by Gasteiger charge is -2.17. The maximum atomic E-state index is 15.8. The SMILES string of the molecule is COC(=O)CCc1cccc(C(=O)c2cnc(-c3cc(Oc4c(F)cc5c(ccn5COCC[Si](C)(C)C)c4F)ccc3F)n2COCC[Si](C)(C)C)c1. The highest BCUT2D eigenvalue weighted by molar-refractivity contribution is 6.76. The molecular weight excluding hydrogens is 732 g/mol. The Bertz CT molecular complexity index is 2120. The molecular formula is C40H48F3N3O6Si2. The van der Waals surface area contributed by atoms with Gasteiger partial charge in [-0.3, -0.25) is 14.2 Å². The lowest BCUT2D eigenvalue weighted by molar-refractivity contribution is -0.140. The van der Waals surface area contributed by atoms with Crippen LogP contribution in [0.5, 0.6) is 11.5 Å². The number of nitrogens with zero attached hydrogens (tertiary/aromatic N) is 3. The number of ketones is 1. The molecule has 5 aromatic rings. The summed E-state index contributed by atoms with van der Waals surface area (Å²) >= 11 is 0. The van der Waals surface area contributed by atoms with Gasteiger partial charge in [0.25, 0.3) is 0 Å². The fourth-order valence-electron chi connectivity index (χ4n) is 5.65. The summed E-state index contributed by atoms with van der Waals surface area (Å²) in [5.41, 5.74) is 1.51. The van der Waals surface area contributed by atoms with E-state index in [-0.39, 0.29) is 59.9 Å². The number of rotatable bonds is 18. The number of benzene rings is 3. The molecule has 0 spiro atoms. The molecule has 0 atom stereocenters. The number of hydrogen-bond donors (Lipinski definition) is 0. The van der Waals surface area contributed by atoms with Crippen molar-refractivity contribution < 1.29 is 41.7 Å². The third-order valence-corrected chi connectivity index (χ3v) is 12.3. The lowest BCUT2D eigenvalue weighted by atomic mass is 10.0. The molecule has 0 radical (unpaired) electrons. The molecule has 0 saturated heterocycles. The van der Waals surface area contributed by atoms with E-state index < -0.39 is 39.3 Å². The zero-order valence-corrected chi connectivity index (χ0v) is 33.9. The van der Waals surface area contributed by atoms with Crippen LogP contribution in [0.1, 0.15) is 28.0 Å². The second-order valence-electron chi connectivity index (χ2n) is 15.7. The molecule has 0 aliphatic heterocycles. The Labute approximate surface area is 316 Å². The minimum Gasteiger partial charge on any atom is -0.469 e. The average molecular weight is 780 g/mol. The fraction of sp³-hybridized carbons (Fsp3) is 0.375. The molecule has 0 bridgehead atoms. The van der Waals surface area contributed by atoms with Crippen LogP contribution in [0.3, 0.4) is 0 Å². The Morgan fingerprint density at radius 3 is 2.22 bits per heavy atom. The third-order valence-electron chi connectivity index (χ3n) is 8.89. The zero-order chi connectivity index (χ0) is 39.2. The predicted octanol–water partition coefficient (Wildman–Crippen LogP) is 9.68. The summed E-state index contributed by atoms with van der Waals surface area (Å²) in [5.74, 6) is -3.90. The van der Waals surface area contributed by atoms with Gasteiger partial charge in [0.15, 0.2) is 17.4 Å². The molecule has 0 aliphatic carbocycles. The smallest absolute Gasteiger partial charge is 0.305 e. The average Bonchev–Trinajstić information content (AvgIpc) is 3.73. The number of carbonyl (C=O) groups excluding carboxylic acids is 2. The van der Waals surface area contributed by atoms with E-state index in [0.29, 0.717) is 30.7 Å². The Kier molecular flexibility index (Phi) is 13.0. The summed E-state index contributed by atoms with van der Waals surface area (Å²) in [4.78, 5) is 30.1. The molecule has 0 unspecified atom stereocenters. The largest absolute Gasteiger partial charge is 0.469 e. The number of esters is 1. The van der Waals surface area contributed by atoms with Crippen LogP contribution in [0.2, 0.25) is 51.4 Å². The molecule has 14 heteroatoms. The highest BCUT2D eigenvalue weighted by Crippen LogP contribution is 2.36. The summed E-state index contributed by atoms with van der Waals surface area (Å²) in [6, 6.07) is 15.1. The summed E-state index contributed by atoms with van der Waals surface area (Å²) < 4.78 is 72.4. The molecule has 0 amide bonds. The Balaban J connectivity index is 1.44. The number of carbonyl (C=O) groups is 2. The molecule has 2 aromatic heterocycles. The van der Waals surface area contributed by atoms with E-state index in [9.17, 15) is 9.59 Å². The minimum absolute atomic E-state index is 0.0435. The molecule has 0 N–H and O–H groups in total. The standard InChI is InChI=1S/C40H48F3N3O6Si2/c1-49-36(47)14-11-27-9-8-10-28(21-27)38(48)35-24-44-40(46(35)26-51-18-20-54(5,6)7)31-22-29(12-13-32(31)41)52-39-33(42)23-34-30(37(39)43)15-16-45(34)25-50-17-19-53(2,3)4/h8-10,12-13,15-16,21-24H,11,14,17-20,25-26H2,1-7H3. The molecule has 5 rings (SSSR count). The highest BCUT2D eigenvalue weighted by atomic mass is 28.3. The quantitative estimate of drug-likeness (QED) is 0.0379. The molecule has 0 saturated carbocycles. The van der Waals surface area contributed by atoms with Crippen LogP contribution < -0.4 is 4.74 Å². The van der Waals surface area contributed by atoms with E-state index in [1.54, 1.807) is 29.0 Å². The van der Waals surface area contributed by atoms with Gasteiger partial charge in [0.05, 0.1) is 24.4 Å². The maximum Gasteiger partial charge on any atom is 0.305 e. The topological polar surface area (TPSA) is 93.8 Å². The van der Waals surface area contributed by atoms with Gasteiger partial charge in [-0.25, -0.2) is 18.2 Å². The van der Waals surface area contributed by atoms with E-state index in [2.05, 4.69) is 44.3 Å². The number of hydrogen-bond acceptors (Lipinski definition) is 7. The van der Waals surface area contributed by atoms with Crippen LogP contribution >= 0.6 is 0 Å². The first kappa shape index (κ1) is 40.7. The van der Waals surface area contributed by atoms with Gasteiger partial charge < -0.3 is 23.5 Å². The number of fused-ring (bicyclic) bond motifs is 1. The minimum atomic E-state index is -1.46. The molecule has 2 heterocycles. The summed E-state index contributed by atoms with van der Waals surface area (Å²) in [6.07, 6.45) is 3.51. The van der Waals surface area contributed by atoms with E-state index in [0.717, 1.165) is 23.7 Å². The number of halogens is 3. The van der Waals surface area contributed by atoms with Crippen molar-refractivity contribution in [2.75, 3.05) is 20.3 Å². The van der Waals surface area contributed by atoms with Gasteiger partial charge in [0, 0.05) is 59.0 Å². The normalized spacial score (nSPS) is 12.0. The summed E-state index contributed by atoms with van der Waals surface area (Å²) in [6.45, 7) is 14.4. The molecule has 0 fully saturated rings. The molecule has 54 heavy (non-hydrogen) atoms. The van der Waals surface area contributed by atoms with E-state index in [1.807, 2.05) is 6.07 Å². The van der Waals surface area contributed by atoms with Crippen LogP contribution in [0.15, 0.2) is 67.0 Å².